The first-order valence-electron chi connectivity index (χ1n) is 6.01. The SMILES string of the molecule is CSc1cccc(C(=O)N2CC(OCC(F)(F)F)C2)c1. The maximum atomic E-state index is 12.1. The van der Waals surface area contributed by atoms with Crippen LogP contribution < -0.4 is 0 Å². The molecule has 7 heteroatoms. The molecule has 110 valence electrons. The number of rotatable bonds is 4. The molecule has 0 N–H and O–H groups in total. The molecule has 1 fully saturated rings. The van der Waals surface area contributed by atoms with Crippen molar-refractivity contribution in [3.63, 3.8) is 0 Å². The first-order valence-corrected chi connectivity index (χ1v) is 7.23. The number of nitrogens with zero attached hydrogens (tertiary/aromatic N) is 1. The second-order valence-electron chi connectivity index (χ2n) is 4.49. The quantitative estimate of drug-likeness (QED) is 0.801. The minimum Gasteiger partial charge on any atom is -0.365 e. The Morgan fingerprint density at radius 3 is 2.75 bits per heavy atom. The molecular weight excluding hydrogens is 291 g/mol. The zero-order valence-electron chi connectivity index (χ0n) is 10.8. The molecule has 0 atom stereocenters. The van der Waals surface area contributed by atoms with E-state index in [1.54, 1.807) is 18.2 Å². The molecule has 0 radical (unpaired) electrons. The van der Waals surface area contributed by atoms with Crippen LogP contribution in [0.3, 0.4) is 0 Å². The molecule has 1 aliphatic heterocycles. The van der Waals surface area contributed by atoms with Crippen LogP contribution in [0.4, 0.5) is 13.2 Å². The Labute approximate surface area is 119 Å². The van der Waals surface area contributed by atoms with Crippen molar-refractivity contribution in [2.45, 2.75) is 17.2 Å². The van der Waals surface area contributed by atoms with Crippen molar-refractivity contribution in [2.24, 2.45) is 0 Å². The number of amides is 1. The second-order valence-corrected chi connectivity index (χ2v) is 5.37. The van der Waals surface area contributed by atoms with Gasteiger partial charge in [-0.2, -0.15) is 13.2 Å². The van der Waals surface area contributed by atoms with Crippen molar-refractivity contribution in [1.82, 2.24) is 4.90 Å². The van der Waals surface area contributed by atoms with Gasteiger partial charge in [0.15, 0.2) is 0 Å². The van der Waals surface area contributed by atoms with Crippen molar-refractivity contribution in [1.29, 1.82) is 0 Å². The van der Waals surface area contributed by atoms with Gasteiger partial charge in [-0.05, 0) is 24.5 Å². The number of ether oxygens (including phenoxy) is 1. The van der Waals surface area contributed by atoms with Gasteiger partial charge in [-0.25, -0.2) is 0 Å². The number of benzene rings is 1. The predicted octanol–water partition coefficient (Wildman–Crippen LogP) is 2.81. The molecule has 0 aliphatic carbocycles. The van der Waals surface area contributed by atoms with Crippen LogP contribution in [0.5, 0.6) is 0 Å². The van der Waals surface area contributed by atoms with Gasteiger partial charge in [0.1, 0.15) is 6.61 Å². The van der Waals surface area contributed by atoms with E-state index in [0.717, 1.165) is 4.90 Å². The van der Waals surface area contributed by atoms with Gasteiger partial charge in [-0.15, -0.1) is 11.8 Å². The number of carbonyl (C=O) groups is 1. The van der Waals surface area contributed by atoms with Gasteiger partial charge in [0.2, 0.25) is 0 Å². The van der Waals surface area contributed by atoms with E-state index in [4.69, 9.17) is 0 Å². The van der Waals surface area contributed by atoms with Gasteiger partial charge in [-0.1, -0.05) is 6.07 Å². The predicted molar refractivity (Wildman–Crippen MR) is 69.9 cm³/mol. The van der Waals surface area contributed by atoms with Crippen LogP contribution in [-0.4, -0.2) is 49.0 Å². The lowest BCUT2D eigenvalue weighted by molar-refractivity contribution is -0.196. The third-order valence-electron chi connectivity index (χ3n) is 2.93. The monoisotopic (exact) mass is 305 g/mol. The van der Waals surface area contributed by atoms with E-state index in [1.165, 1.54) is 16.7 Å². The fourth-order valence-electron chi connectivity index (χ4n) is 1.86. The minimum absolute atomic E-state index is 0.173. The van der Waals surface area contributed by atoms with E-state index in [9.17, 15) is 18.0 Å². The van der Waals surface area contributed by atoms with Crippen molar-refractivity contribution in [3.05, 3.63) is 29.8 Å². The number of hydrogen-bond donors (Lipinski definition) is 0. The Morgan fingerprint density at radius 1 is 1.45 bits per heavy atom. The highest BCUT2D eigenvalue weighted by Crippen LogP contribution is 2.22. The maximum absolute atomic E-state index is 12.1. The normalized spacial score (nSPS) is 16.1. The van der Waals surface area contributed by atoms with Crippen molar-refractivity contribution < 1.29 is 22.7 Å². The average molecular weight is 305 g/mol. The van der Waals surface area contributed by atoms with Gasteiger partial charge in [0.25, 0.3) is 5.91 Å². The van der Waals surface area contributed by atoms with Gasteiger partial charge in [0, 0.05) is 23.5 Å². The largest absolute Gasteiger partial charge is 0.411 e. The molecule has 0 unspecified atom stereocenters. The van der Waals surface area contributed by atoms with E-state index in [2.05, 4.69) is 4.74 Å². The van der Waals surface area contributed by atoms with Gasteiger partial charge in [0.05, 0.1) is 6.10 Å². The first-order chi connectivity index (χ1) is 9.39. The minimum atomic E-state index is -4.32. The van der Waals surface area contributed by atoms with Gasteiger partial charge < -0.3 is 9.64 Å². The van der Waals surface area contributed by atoms with E-state index >= 15 is 0 Å². The summed E-state index contributed by atoms with van der Waals surface area (Å²) in [5.74, 6) is -0.173. The van der Waals surface area contributed by atoms with Crippen molar-refractivity contribution in [2.75, 3.05) is 26.0 Å². The first kappa shape index (κ1) is 15.2. The van der Waals surface area contributed by atoms with Crippen LogP contribution in [0.1, 0.15) is 10.4 Å². The van der Waals surface area contributed by atoms with Crippen molar-refractivity contribution in [3.8, 4) is 0 Å². The van der Waals surface area contributed by atoms with E-state index in [-0.39, 0.29) is 19.0 Å². The average Bonchev–Trinajstić information content (AvgIpc) is 2.35. The molecule has 1 heterocycles. The summed E-state index contributed by atoms with van der Waals surface area (Å²) in [5.41, 5.74) is 0.547. The summed E-state index contributed by atoms with van der Waals surface area (Å²) in [6, 6.07) is 7.16. The molecule has 1 aromatic carbocycles. The Morgan fingerprint density at radius 2 is 2.15 bits per heavy atom. The Balaban J connectivity index is 1.84. The number of likely N-dealkylation sites (tertiary alicyclic amines) is 1. The van der Waals surface area contributed by atoms with Crippen molar-refractivity contribution >= 4 is 17.7 Å². The highest BCUT2D eigenvalue weighted by molar-refractivity contribution is 7.98. The number of thioether (sulfide) groups is 1. The van der Waals surface area contributed by atoms with E-state index < -0.39 is 18.9 Å². The summed E-state index contributed by atoms with van der Waals surface area (Å²) in [6.45, 7) is -0.849. The third kappa shape index (κ3) is 3.89. The summed E-state index contributed by atoms with van der Waals surface area (Å²) < 4.78 is 40.6. The van der Waals surface area contributed by atoms with Crippen LogP contribution in [-0.2, 0) is 4.74 Å². The number of halogens is 3. The maximum Gasteiger partial charge on any atom is 0.411 e. The molecule has 0 bridgehead atoms. The lowest BCUT2D eigenvalue weighted by atomic mass is 10.1. The molecule has 0 aromatic heterocycles. The number of alkyl halides is 3. The number of hydrogen-bond acceptors (Lipinski definition) is 3. The highest BCUT2D eigenvalue weighted by atomic mass is 32.2. The standard InChI is InChI=1S/C13H14F3NO2S/c1-20-11-4-2-3-9(5-11)12(18)17-6-10(7-17)19-8-13(14,15)16/h2-5,10H,6-8H2,1H3. The molecule has 1 aromatic rings. The number of carbonyl (C=O) groups excluding carboxylic acids is 1. The molecule has 2 rings (SSSR count). The summed E-state index contributed by atoms with van der Waals surface area (Å²) in [4.78, 5) is 14.5. The van der Waals surface area contributed by atoms with Crippen LogP contribution in [0.2, 0.25) is 0 Å². The molecule has 1 amide bonds. The molecule has 0 spiro atoms. The fourth-order valence-corrected chi connectivity index (χ4v) is 2.32. The molecule has 20 heavy (non-hydrogen) atoms. The highest BCUT2D eigenvalue weighted by Gasteiger charge is 2.36. The molecular formula is C13H14F3NO2S. The lowest BCUT2D eigenvalue weighted by Crippen LogP contribution is -2.55. The third-order valence-corrected chi connectivity index (χ3v) is 3.66. The molecule has 1 aliphatic rings. The molecule has 3 nitrogen and oxygen atoms in total. The van der Waals surface area contributed by atoms with Crippen LogP contribution in [0, 0.1) is 0 Å². The Bertz CT molecular complexity index is 487. The summed E-state index contributed by atoms with van der Waals surface area (Å²) in [5, 5.41) is 0. The van der Waals surface area contributed by atoms with E-state index in [1.807, 2.05) is 12.3 Å². The topological polar surface area (TPSA) is 29.5 Å². The summed E-state index contributed by atoms with van der Waals surface area (Å²) in [6.07, 6.45) is -2.94. The second kappa shape index (κ2) is 6.05. The zero-order valence-corrected chi connectivity index (χ0v) is 11.6. The van der Waals surface area contributed by atoms with Gasteiger partial charge >= 0.3 is 6.18 Å². The van der Waals surface area contributed by atoms with Crippen LogP contribution >= 0.6 is 11.8 Å². The van der Waals surface area contributed by atoms with Crippen LogP contribution in [0.25, 0.3) is 0 Å². The Kier molecular flexibility index (Phi) is 4.59. The Hall–Kier alpha value is -1.21. The molecule has 0 saturated carbocycles. The summed E-state index contributed by atoms with van der Waals surface area (Å²) in [7, 11) is 0. The smallest absolute Gasteiger partial charge is 0.365 e. The van der Waals surface area contributed by atoms with E-state index in [0.29, 0.717) is 5.56 Å². The summed E-state index contributed by atoms with van der Waals surface area (Å²) >= 11 is 1.53. The zero-order chi connectivity index (χ0) is 14.8. The molecule has 1 saturated heterocycles. The fraction of sp³-hybridized carbons (Fsp3) is 0.462. The lowest BCUT2D eigenvalue weighted by Gasteiger charge is -2.39. The van der Waals surface area contributed by atoms with Gasteiger partial charge in [-0.3, -0.25) is 4.79 Å². The van der Waals surface area contributed by atoms with Crippen LogP contribution in [0.15, 0.2) is 29.2 Å².